The van der Waals surface area contributed by atoms with Crippen LogP contribution in [0.1, 0.15) is 17.3 Å². The summed E-state index contributed by atoms with van der Waals surface area (Å²) in [6.45, 7) is 2.67. The van der Waals surface area contributed by atoms with Crippen LogP contribution >= 0.6 is 11.8 Å². The number of carbonyl (C=O) groups excluding carboxylic acids is 1. The molecule has 0 bridgehead atoms. The van der Waals surface area contributed by atoms with Gasteiger partial charge in [-0.2, -0.15) is 0 Å². The van der Waals surface area contributed by atoms with Gasteiger partial charge in [0.05, 0.1) is 11.2 Å². The SMILES string of the molecule is CCn1cc(C(=O)Nc2ccccc2SC)c(=O)c2ccccc21. The van der Waals surface area contributed by atoms with E-state index in [1.807, 2.05) is 60.2 Å². The summed E-state index contributed by atoms with van der Waals surface area (Å²) >= 11 is 1.55. The minimum atomic E-state index is -0.380. The Balaban J connectivity index is 2.07. The molecule has 0 aliphatic rings. The smallest absolute Gasteiger partial charge is 0.261 e. The first-order chi connectivity index (χ1) is 11.7. The zero-order valence-electron chi connectivity index (χ0n) is 13.6. The Morgan fingerprint density at radius 2 is 1.83 bits per heavy atom. The first-order valence-corrected chi connectivity index (χ1v) is 8.94. The van der Waals surface area contributed by atoms with Crippen molar-refractivity contribution in [3.05, 3.63) is 70.5 Å². The van der Waals surface area contributed by atoms with Gasteiger partial charge in [-0.15, -0.1) is 11.8 Å². The van der Waals surface area contributed by atoms with Gasteiger partial charge in [0.1, 0.15) is 5.56 Å². The molecule has 3 rings (SSSR count). The normalized spacial score (nSPS) is 10.8. The van der Waals surface area contributed by atoms with Gasteiger partial charge in [0.25, 0.3) is 5.91 Å². The molecule has 122 valence electrons. The summed E-state index contributed by atoms with van der Waals surface area (Å²) in [5, 5.41) is 3.42. The third kappa shape index (κ3) is 2.95. The third-order valence-corrected chi connectivity index (χ3v) is 4.72. The highest BCUT2D eigenvalue weighted by molar-refractivity contribution is 7.98. The lowest BCUT2D eigenvalue weighted by atomic mass is 10.1. The molecule has 0 aliphatic heterocycles. The molecule has 0 saturated carbocycles. The van der Waals surface area contributed by atoms with Gasteiger partial charge in [0.15, 0.2) is 0 Å². The van der Waals surface area contributed by atoms with E-state index < -0.39 is 0 Å². The Bertz CT molecular complexity index is 963. The van der Waals surface area contributed by atoms with Crippen molar-refractivity contribution < 1.29 is 4.79 Å². The molecule has 0 aliphatic carbocycles. The Morgan fingerprint density at radius 1 is 1.12 bits per heavy atom. The number of pyridine rings is 1. The second-order valence-electron chi connectivity index (χ2n) is 5.33. The Labute approximate surface area is 144 Å². The standard InChI is InChI=1S/C19H18N2O2S/c1-3-21-12-14(18(22)13-8-4-6-10-16(13)21)19(23)20-15-9-5-7-11-17(15)24-2/h4-12H,3H2,1-2H3,(H,20,23). The predicted molar refractivity (Wildman–Crippen MR) is 100 cm³/mol. The second kappa shape index (κ2) is 6.93. The molecule has 0 atom stereocenters. The lowest BCUT2D eigenvalue weighted by molar-refractivity contribution is 0.102. The van der Waals surface area contributed by atoms with Gasteiger partial charge < -0.3 is 9.88 Å². The van der Waals surface area contributed by atoms with Crippen LogP contribution in [0.25, 0.3) is 10.9 Å². The van der Waals surface area contributed by atoms with E-state index in [-0.39, 0.29) is 16.9 Å². The van der Waals surface area contributed by atoms with E-state index in [2.05, 4.69) is 5.32 Å². The number of para-hydroxylation sites is 2. The summed E-state index contributed by atoms with van der Waals surface area (Å²) in [7, 11) is 0. The van der Waals surface area contributed by atoms with Crippen molar-refractivity contribution in [3.63, 3.8) is 0 Å². The largest absolute Gasteiger partial charge is 0.347 e. The molecule has 1 amide bonds. The number of thioether (sulfide) groups is 1. The number of fused-ring (bicyclic) bond motifs is 1. The van der Waals surface area contributed by atoms with Crippen LogP contribution in [0.3, 0.4) is 0 Å². The summed E-state index contributed by atoms with van der Waals surface area (Å²) in [5.74, 6) is -0.380. The topological polar surface area (TPSA) is 51.1 Å². The maximum Gasteiger partial charge on any atom is 0.261 e. The van der Waals surface area contributed by atoms with Crippen LogP contribution in [-0.2, 0) is 6.54 Å². The number of hydrogen-bond acceptors (Lipinski definition) is 3. The molecule has 0 spiro atoms. The first-order valence-electron chi connectivity index (χ1n) is 7.72. The van der Waals surface area contributed by atoms with Crippen molar-refractivity contribution in [2.75, 3.05) is 11.6 Å². The zero-order chi connectivity index (χ0) is 17.1. The van der Waals surface area contributed by atoms with Gasteiger partial charge in [-0.05, 0) is 37.4 Å². The summed E-state index contributed by atoms with van der Waals surface area (Å²) in [4.78, 5) is 26.3. The molecule has 0 fully saturated rings. The average Bonchev–Trinajstić information content (AvgIpc) is 2.62. The second-order valence-corrected chi connectivity index (χ2v) is 6.18. The zero-order valence-corrected chi connectivity index (χ0v) is 14.4. The molecule has 1 aromatic heterocycles. The number of aryl methyl sites for hydroxylation is 1. The van der Waals surface area contributed by atoms with Crippen molar-refractivity contribution in [3.8, 4) is 0 Å². The van der Waals surface area contributed by atoms with Crippen LogP contribution in [-0.4, -0.2) is 16.7 Å². The number of amides is 1. The van der Waals surface area contributed by atoms with Crippen molar-refractivity contribution >= 4 is 34.3 Å². The predicted octanol–water partition coefficient (Wildman–Crippen LogP) is 4.00. The lowest BCUT2D eigenvalue weighted by Gasteiger charge is -2.13. The fourth-order valence-electron chi connectivity index (χ4n) is 2.71. The lowest BCUT2D eigenvalue weighted by Crippen LogP contribution is -2.24. The minimum absolute atomic E-state index is 0.159. The van der Waals surface area contributed by atoms with Crippen LogP contribution < -0.4 is 10.7 Å². The summed E-state index contributed by atoms with van der Waals surface area (Å²) in [6.07, 6.45) is 3.59. The van der Waals surface area contributed by atoms with Gasteiger partial charge in [-0.25, -0.2) is 0 Å². The minimum Gasteiger partial charge on any atom is -0.347 e. The summed E-state index contributed by atoms with van der Waals surface area (Å²) in [6, 6.07) is 14.9. The van der Waals surface area contributed by atoms with Crippen molar-refractivity contribution in [2.24, 2.45) is 0 Å². The highest BCUT2D eigenvalue weighted by Gasteiger charge is 2.16. The average molecular weight is 338 g/mol. The Morgan fingerprint density at radius 3 is 2.58 bits per heavy atom. The van der Waals surface area contributed by atoms with Crippen LogP contribution in [0.2, 0.25) is 0 Å². The van der Waals surface area contributed by atoms with E-state index in [4.69, 9.17) is 0 Å². The Kier molecular flexibility index (Phi) is 4.71. The number of hydrogen-bond donors (Lipinski definition) is 1. The van der Waals surface area contributed by atoms with Crippen LogP contribution in [0.4, 0.5) is 5.69 Å². The molecule has 0 unspecified atom stereocenters. The molecule has 5 heteroatoms. The van der Waals surface area contributed by atoms with E-state index in [0.717, 1.165) is 10.4 Å². The monoisotopic (exact) mass is 338 g/mol. The molecule has 3 aromatic rings. The van der Waals surface area contributed by atoms with Gasteiger partial charge in [0.2, 0.25) is 5.43 Å². The van der Waals surface area contributed by atoms with Gasteiger partial charge in [0, 0.05) is 23.0 Å². The quantitative estimate of drug-likeness (QED) is 0.732. The van der Waals surface area contributed by atoms with Crippen molar-refractivity contribution in [1.29, 1.82) is 0 Å². The van der Waals surface area contributed by atoms with Gasteiger partial charge in [-0.3, -0.25) is 9.59 Å². The molecule has 1 heterocycles. The molecule has 0 radical (unpaired) electrons. The maximum absolute atomic E-state index is 12.7. The number of benzene rings is 2. The fraction of sp³-hybridized carbons (Fsp3) is 0.158. The van der Waals surface area contributed by atoms with E-state index >= 15 is 0 Å². The van der Waals surface area contributed by atoms with Crippen LogP contribution in [0.15, 0.2) is 64.4 Å². The van der Waals surface area contributed by atoms with Gasteiger partial charge in [-0.1, -0.05) is 24.3 Å². The maximum atomic E-state index is 12.7. The third-order valence-electron chi connectivity index (χ3n) is 3.93. The summed E-state index contributed by atoms with van der Waals surface area (Å²) < 4.78 is 1.92. The molecule has 1 N–H and O–H groups in total. The molecular formula is C19H18N2O2S. The highest BCUT2D eigenvalue weighted by atomic mass is 32.2. The number of carbonyl (C=O) groups is 1. The van der Waals surface area contributed by atoms with Crippen molar-refractivity contribution in [2.45, 2.75) is 18.4 Å². The highest BCUT2D eigenvalue weighted by Crippen LogP contribution is 2.25. The van der Waals surface area contributed by atoms with E-state index in [9.17, 15) is 9.59 Å². The molecule has 24 heavy (non-hydrogen) atoms. The number of rotatable bonds is 4. The number of aromatic nitrogens is 1. The Hall–Kier alpha value is -2.53. The molecule has 0 saturated heterocycles. The first kappa shape index (κ1) is 16.3. The molecule has 4 nitrogen and oxygen atoms in total. The number of nitrogens with one attached hydrogen (secondary N) is 1. The van der Waals surface area contributed by atoms with Gasteiger partial charge >= 0.3 is 0 Å². The summed E-state index contributed by atoms with van der Waals surface area (Å²) in [5.41, 5.74) is 1.47. The molecule has 2 aromatic carbocycles. The number of nitrogens with zero attached hydrogens (tertiary/aromatic N) is 1. The number of anilines is 1. The van der Waals surface area contributed by atoms with Crippen LogP contribution in [0.5, 0.6) is 0 Å². The van der Waals surface area contributed by atoms with E-state index in [0.29, 0.717) is 17.6 Å². The van der Waals surface area contributed by atoms with Crippen molar-refractivity contribution in [1.82, 2.24) is 4.57 Å². The molecular weight excluding hydrogens is 320 g/mol. The van der Waals surface area contributed by atoms with Crippen LogP contribution in [0, 0.1) is 0 Å². The van der Waals surface area contributed by atoms with E-state index in [1.165, 1.54) is 0 Å². The van der Waals surface area contributed by atoms with E-state index in [1.54, 1.807) is 24.0 Å². The fourth-order valence-corrected chi connectivity index (χ4v) is 3.26.